The van der Waals surface area contributed by atoms with E-state index in [0.29, 0.717) is 19.1 Å². The van der Waals surface area contributed by atoms with E-state index in [1.54, 1.807) is 0 Å². The van der Waals surface area contributed by atoms with E-state index in [1.807, 2.05) is 12.1 Å². The molecule has 1 aromatic carbocycles. The Bertz CT molecular complexity index is 455. The number of nitrogens with one attached hydrogen (secondary N) is 1. The van der Waals surface area contributed by atoms with Crippen molar-refractivity contribution >= 4 is 11.6 Å². The molecule has 4 nitrogen and oxygen atoms in total. The van der Waals surface area contributed by atoms with E-state index >= 15 is 0 Å². The van der Waals surface area contributed by atoms with Crippen LogP contribution in [0.4, 0.5) is 5.69 Å². The maximum absolute atomic E-state index is 11.7. The predicted molar refractivity (Wildman–Crippen MR) is 73.8 cm³/mol. The van der Waals surface area contributed by atoms with Crippen LogP contribution in [-0.4, -0.2) is 25.1 Å². The van der Waals surface area contributed by atoms with Crippen molar-refractivity contribution in [2.24, 2.45) is 0 Å². The summed E-state index contributed by atoms with van der Waals surface area (Å²) in [6, 6.07) is 8.70. The van der Waals surface area contributed by atoms with Gasteiger partial charge in [0.05, 0.1) is 18.7 Å². The number of hydrogen-bond acceptors (Lipinski definition) is 3. The molecule has 2 heterocycles. The van der Waals surface area contributed by atoms with Crippen LogP contribution in [0.25, 0.3) is 0 Å². The van der Waals surface area contributed by atoms with E-state index in [1.165, 1.54) is 29.9 Å². The highest BCUT2D eigenvalue weighted by Crippen LogP contribution is 2.22. The van der Waals surface area contributed by atoms with Gasteiger partial charge in [-0.1, -0.05) is 18.6 Å². The summed E-state index contributed by atoms with van der Waals surface area (Å²) in [4.78, 5) is 17.0. The lowest BCUT2D eigenvalue weighted by atomic mass is 9.97. The van der Waals surface area contributed by atoms with Crippen LogP contribution >= 0.6 is 0 Å². The normalized spacial score (nSPS) is 23.9. The minimum absolute atomic E-state index is 0.0490. The second-order valence-electron chi connectivity index (χ2n) is 5.29. The van der Waals surface area contributed by atoms with Crippen molar-refractivity contribution in [3.8, 4) is 0 Å². The fraction of sp³-hybridized carbons (Fsp3) is 0.533. The number of hydroxylamine groups is 1. The van der Waals surface area contributed by atoms with Crippen LogP contribution in [0.1, 0.15) is 31.2 Å². The molecule has 1 unspecified atom stereocenters. The van der Waals surface area contributed by atoms with Crippen molar-refractivity contribution in [2.45, 2.75) is 38.1 Å². The average Bonchev–Trinajstić information content (AvgIpc) is 2.86. The van der Waals surface area contributed by atoms with E-state index in [4.69, 9.17) is 4.84 Å². The third-order valence-corrected chi connectivity index (χ3v) is 3.80. The molecule has 2 aliphatic heterocycles. The standard InChI is InChI=1S/C15H20N2O2/c18-15-7-9-19-17(15)14-6-3-4-12(11-14)10-13-5-1-2-8-16-13/h3-4,6,11,13,16H,1-2,5,7-10H2. The number of hydrogen-bond donors (Lipinski definition) is 1. The molecule has 0 spiro atoms. The Morgan fingerprint density at radius 2 is 2.32 bits per heavy atom. The molecule has 0 saturated carbocycles. The second kappa shape index (κ2) is 5.72. The number of piperidine rings is 1. The van der Waals surface area contributed by atoms with E-state index in [9.17, 15) is 4.79 Å². The van der Waals surface area contributed by atoms with Gasteiger partial charge < -0.3 is 5.32 Å². The highest BCUT2D eigenvalue weighted by Gasteiger charge is 2.23. The Labute approximate surface area is 113 Å². The van der Waals surface area contributed by atoms with Gasteiger partial charge in [-0.05, 0) is 43.5 Å². The van der Waals surface area contributed by atoms with Crippen molar-refractivity contribution in [3.63, 3.8) is 0 Å². The van der Waals surface area contributed by atoms with Gasteiger partial charge in [0, 0.05) is 6.04 Å². The van der Waals surface area contributed by atoms with Crippen LogP contribution in [0.15, 0.2) is 24.3 Å². The number of amides is 1. The minimum atomic E-state index is 0.0490. The summed E-state index contributed by atoms with van der Waals surface area (Å²) in [7, 11) is 0. The van der Waals surface area contributed by atoms with Crippen molar-refractivity contribution in [3.05, 3.63) is 29.8 Å². The van der Waals surface area contributed by atoms with Gasteiger partial charge in [-0.25, -0.2) is 0 Å². The van der Waals surface area contributed by atoms with Crippen LogP contribution in [0.2, 0.25) is 0 Å². The highest BCUT2D eigenvalue weighted by atomic mass is 16.7. The van der Waals surface area contributed by atoms with E-state index < -0.39 is 0 Å². The molecular weight excluding hydrogens is 240 g/mol. The molecule has 19 heavy (non-hydrogen) atoms. The van der Waals surface area contributed by atoms with Crippen molar-refractivity contribution in [2.75, 3.05) is 18.2 Å². The van der Waals surface area contributed by atoms with Crippen LogP contribution in [0, 0.1) is 0 Å². The Kier molecular flexibility index (Phi) is 3.80. The second-order valence-corrected chi connectivity index (χ2v) is 5.29. The first-order valence-electron chi connectivity index (χ1n) is 7.11. The number of benzene rings is 1. The molecule has 0 aliphatic carbocycles. The highest BCUT2D eigenvalue weighted by molar-refractivity contribution is 5.92. The Balaban J connectivity index is 1.70. The minimum Gasteiger partial charge on any atom is -0.314 e. The van der Waals surface area contributed by atoms with Crippen molar-refractivity contribution < 1.29 is 9.63 Å². The maximum atomic E-state index is 11.7. The first kappa shape index (κ1) is 12.6. The number of carbonyl (C=O) groups excluding carboxylic acids is 1. The van der Waals surface area contributed by atoms with Gasteiger partial charge in [-0.2, -0.15) is 5.06 Å². The predicted octanol–water partition coefficient (Wildman–Crippen LogP) is 2.04. The zero-order chi connectivity index (χ0) is 13.1. The molecule has 0 radical (unpaired) electrons. The first-order valence-corrected chi connectivity index (χ1v) is 7.11. The van der Waals surface area contributed by atoms with Crippen LogP contribution < -0.4 is 10.4 Å². The average molecular weight is 260 g/mol. The van der Waals surface area contributed by atoms with Crippen LogP contribution in [-0.2, 0) is 16.1 Å². The summed E-state index contributed by atoms with van der Waals surface area (Å²) in [5.41, 5.74) is 2.12. The molecule has 4 heteroatoms. The maximum Gasteiger partial charge on any atom is 0.253 e. The molecule has 2 aliphatic rings. The van der Waals surface area contributed by atoms with Gasteiger partial charge in [0.1, 0.15) is 0 Å². The van der Waals surface area contributed by atoms with Crippen molar-refractivity contribution in [1.82, 2.24) is 5.32 Å². The van der Waals surface area contributed by atoms with Gasteiger partial charge in [0.25, 0.3) is 5.91 Å². The molecule has 3 rings (SSSR count). The van der Waals surface area contributed by atoms with Gasteiger partial charge >= 0.3 is 0 Å². The molecule has 1 N–H and O–H groups in total. The number of carbonyl (C=O) groups is 1. The van der Waals surface area contributed by atoms with E-state index in [-0.39, 0.29) is 5.91 Å². The van der Waals surface area contributed by atoms with Gasteiger partial charge in [0.15, 0.2) is 0 Å². The fourth-order valence-electron chi connectivity index (χ4n) is 2.81. The summed E-state index contributed by atoms with van der Waals surface area (Å²) in [6.45, 7) is 1.62. The largest absolute Gasteiger partial charge is 0.314 e. The van der Waals surface area contributed by atoms with Crippen molar-refractivity contribution in [1.29, 1.82) is 0 Å². The first-order chi connectivity index (χ1) is 9.33. The Morgan fingerprint density at radius 1 is 1.37 bits per heavy atom. The van der Waals surface area contributed by atoms with Crippen LogP contribution in [0.3, 0.4) is 0 Å². The SMILES string of the molecule is O=C1CCON1c1cccc(CC2CCCCN2)c1. The molecule has 0 bridgehead atoms. The zero-order valence-electron chi connectivity index (χ0n) is 11.1. The lowest BCUT2D eigenvalue weighted by Gasteiger charge is -2.24. The van der Waals surface area contributed by atoms with E-state index in [2.05, 4.69) is 17.4 Å². The summed E-state index contributed by atoms with van der Waals surface area (Å²) in [6.07, 6.45) is 5.34. The molecule has 1 aromatic rings. The lowest BCUT2D eigenvalue weighted by Crippen LogP contribution is -2.35. The van der Waals surface area contributed by atoms with Gasteiger partial charge in [0.2, 0.25) is 0 Å². The summed E-state index contributed by atoms with van der Waals surface area (Å²) in [5, 5.41) is 4.98. The number of nitrogens with zero attached hydrogens (tertiary/aromatic N) is 1. The molecule has 102 valence electrons. The molecule has 2 fully saturated rings. The third kappa shape index (κ3) is 2.96. The molecule has 2 saturated heterocycles. The number of anilines is 1. The molecule has 1 atom stereocenters. The monoisotopic (exact) mass is 260 g/mol. The molecular formula is C15H20N2O2. The quantitative estimate of drug-likeness (QED) is 0.904. The molecule has 1 amide bonds. The summed E-state index contributed by atoms with van der Waals surface area (Å²) >= 11 is 0. The zero-order valence-corrected chi connectivity index (χ0v) is 11.1. The van der Waals surface area contributed by atoms with E-state index in [0.717, 1.165) is 18.7 Å². The number of rotatable bonds is 3. The lowest BCUT2D eigenvalue weighted by molar-refractivity contribution is -0.119. The smallest absolute Gasteiger partial charge is 0.253 e. The Morgan fingerprint density at radius 3 is 3.05 bits per heavy atom. The van der Waals surface area contributed by atoms with Crippen LogP contribution in [0.5, 0.6) is 0 Å². The summed E-state index contributed by atoms with van der Waals surface area (Å²) in [5.74, 6) is 0.0490. The van der Waals surface area contributed by atoms with Gasteiger partial charge in [-0.3, -0.25) is 9.63 Å². The van der Waals surface area contributed by atoms with Gasteiger partial charge in [-0.15, -0.1) is 0 Å². The molecule has 0 aromatic heterocycles. The summed E-state index contributed by atoms with van der Waals surface area (Å²) < 4.78 is 0. The third-order valence-electron chi connectivity index (χ3n) is 3.80. The topological polar surface area (TPSA) is 41.6 Å². The fourth-order valence-corrected chi connectivity index (χ4v) is 2.81. The Hall–Kier alpha value is -1.39.